The molecule has 0 aliphatic carbocycles. The first-order valence-corrected chi connectivity index (χ1v) is 5.91. The normalized spacial score (nSPS) is 12.2. The monoisotopic (exact) mass is 224 g/mol. The summed E-state index contributed by atoms with van der Waals surface area (Å²) < 4.78 is 4.94. The first kappa shape index (κ1) is 12.1. The molecule has 2 nitrogen and oxygen atoms in total. The Hall–Kier alpha value is -0.960. The lowest BCUT2D eigenvalue weighted by Crippen LogP contribution is -2.16. The molecular weight excluding hydrogens is 208 g/mol. The van der Waals surface area contributed by atoms with Gasteiger partial charge in [-0.15, -0.1) is 11.8 Å². The van der Waals surface area contributed by atoms with Crippen molar-refractivity contribution in [2.75, 3.05) is 6.61 Å². The fourth-order valence-electron chi connectivity index (χ4n) is 1.13. The van der Waals surface area contributed by atoms with E-state index < -0.39 is 0 Å². The highest BCUT2D eigenvalue weighted by molar-refractivity contribution is 8.00. The second kappa shape index (κ2) is 5.81. The van der Waals surface area contributed by atoms with E-state index in [9.17, 15) is 4.79 Å². The van der Waals surface area contributed by atoms with Crippen LogP contribution in [0.15, 0.2) is 29.2 Å². The van der Waals surface area contributed by atoms with Crippen molar-refractivity contribution in [1.82, 2.24) is 0 Å². The zero-order valence-electron chi connectivity index (χ0n) is 9.32. The van der Waals surface area contributed by atoms with Gasteiger partial charge in [0.25, 0.3) is 0 Å². The van der Waals surface area contributed by atoms with Crippen molar-refractivity contribution < 1.29 is 9.53 Å². The van der Waals surface area contributed by atoms with E-state index in [1.807, 2.05) is 45.0 Å². The van der Waals surface area contributed by atoms with Crippen molar-refractivity contribution >= 4 is 17.7 Å². The van der Waals surface area contributed by atoms with E-state index in [1.54, 1.807) is 0 Å². The molecule has 82 valence electrons. The van der Waals surface area contributed by atoms with Gasteiger partial charge >= 0.3 is 5.97 Å². The van der Waals surface area contributed by atoms with Crippen LogP contribution in [-0.2, 0) is 9.53 Å². The van der Waals surface area contributed by atoms with E-state index in [0.29, 0.717) is 6.61 Å². The second-order valence-electron chi connectivity index (χ2n) is 3.33. The van der Waals surface area contributed by atoms with Gasteiger partial charge in [0.1, 0.15) is 5.25 Å². The summed E-state index contributed by atoms with van der Waals surface area (Å²) in [6.07, 6.45) is 0. The number of ether oxygens (including phenoxy) is 1. The standard InChI is InChI=1S/C12H16O2S/c1-4-14-12(13)10(3)15-11-7-5-9(2)6-8-11/h5-8,10H,4H2,1-3H3/t10-/m0/s1. The fraction of sp³-hybridized carbons (Fsp3) is 0.417. The number of hydrogen-bond donors (Lipinski definition) is 0. The van der Waals surface area contributed by atoms with E-state index in [4.69, 9.17) is 4.74 Å². The summed E-state index contributed by atoms with van der Waals surface area (Å²) in [6.45, 7) is 6.17. The maximum Gasteiger partial charge on any atom is 0.319 e. The summed E-state index contributed by atoms with van der Waals surface area (Å²) in [5, 5.41) is -0.146. The molecule has 15 heavy (non-hydrogen) atoms. The highest BCUT2D eigenvalue weighted by Crippen LogP contribution is 2.24. The van der Waals surface area contributed by atoms with Crippen molar-refractivity contribution in [3.8, 4) is 0 Å². The average Bonchev–Trinajstić information content (AvgIpc) is 2.22. The molecule has 0 N–H and O–H groups in total. The van der Waals surface area contributed by atoms with E-state index in [1.165, 1.54) is 17.3 Å². The molecule has 0 saturated heterocycles. The number of esters is 1. The molecule has 0 spiro atoms. The topological polar surface area (TPSA) is 26.3 Å². The lowest BCUT2D eigenvalue weighted by molar-refractivity contribution is -0.142. The van der Waals surface area contributed by atoms with Gasteiger partial charge in [0, 0.05) is 4.90 Å². The van der Waals surface area contributed by atoms with Crippen LogP contribution >= 0.6 is 11.8 Å². The van der Waals surface area contributed by atoms with E-state index in [-0.39, 0.29) is 11.2 Å². The third-order valence-corrected chi connectivity index (χ3v) is 3.04. The van der Waals surface area contributed by atoms with E-state index >= 15 is 0 Å². The zero-order chi connectivity index (χ0) is 11.3. The Morgan fingerprint density at radius 2 is 2.00 bits per heavy atom. The van der Waals surface area contributed by atoms with Crippen LogP contribution in [0.3, 0.4) is 0 Å². The maximum absolute atomic E-state index is 11.4. The van der Waals surface area contributed by atoms with Gasteiger partial charge in [0.2, 0.25) is 0 Å². The number of carbonyl (C=O) groups excluding carboxylic acids is 1. The van der Waals surface area contributed by atoms with Crippen LogP contribution in [0.25, 0.3) is 0 Å². The molecule has 3 heteroatoms. The second-order valence-corrected chi connectivity index (χ2v) is 4.74. The van der Waals surface area contributed by atoms with Crippen molar-refractivity contribution in [1.29, 1.82) is 0 Å². The third kappa shape index (κ3) is 3.96. The maximum atomic E-state index is 11.4. The molecule has 0 heterocycles. The van der Waals surface area contributed by atoms with Gasteiger partial charge in [-0.2, -0.15) is 0 Å². The number of aryl methyl sites for hydroxylation is 1. The Balaban J connectivity index is 2.54. The molecule has 0 amide bonds. The molecule has 1 atom stereocenters. The molecule has 0 aliphatic rings. The Morgan fingerprint density at radius 1 is 1.40 bits per heavy atom. The summed E-state index contributed by atoms with van der Waals surface area (Å²) in [5.74, 6) is -0.150. The number of hydrogen-bond acceptors (Lipinski definition) is 3. The number of rotatable bonds is 4. The summed E-state index contributed by atoms with van der Waals surface area (Å²) in [7, 11) is 0. The van der Waals surface area contributed by atoms with Gasteiger partial charge in [-0.05, 0) is 32.9 Å². The molecule has 0 bridgehead atoms. The van der Waals surface area contributed by atoms with Crippen LogP contribution in [0, 0.1) is 6.92 Å². The largest absolute Gasteiger partial charge is 0.465 e. The van der Waals surface area contributed by atoms with E-state index in [0.717, 1.165) is 4.90 Å². The summed E-state index contributed by atoms with van der Waals surface area (Å²) >= 11 is 1.53. The Morgan fingerprint density at radius 3 is 2.53 bits per heavy atom. The van der Waals surface area contributed by atoms with Crippen molar-refractivity contribution in [3.63, 3.8) is 0 Å². The first-order valence-electron chi connectivity index (χ1n) is 5.03. The number of carbonyl (C=O) groups is 1. The molecular formula is C12H16O2S. The predicted molar refractivity (Wildman–Crippen MR) is 63.1 cm³/mol. The van der Waals surface area contributed by atoms with Crippen molar-refractivity contribution in [3.05, 3.63) is 29.8 Å². The van der Waals surface area contributed by atoms with Gasteiger partial charge < -0.3 is 4.74 Å². The van der Waals surface area contributed by atoms with Gasteiger partial charge in [0.15, 0.2) is 0 Å². The smallest absolute Gasteiger partial charge is 0.319 e. The number of benzene rings is 1. The van der Waals surface area contributed by atoms with Crippen LogP contribution in [0.5, 0.6) is 0 Å². The van der Waals surface area contributed by atoms with Crippen LogP contribution in [-0.4, -0.2) is 17.8 Å². The predicted octanol–water partition coefficient (Wildman–Crippen LogP) is 3.04. The first-order chi connectivity index (χ1) is 7.13. The van der Waals surface area contributed by atoms with Gasteiger partial charge in [-0.1, -0.05) is 17.7 Å². The summed E-state index contributed by atoms with van der Waals surface area (Å²) in [5.41, 5.74) is 1.23. The van der Waals surface area contributed by atoms with Crippen LogP contribution < -0.4 is 0 Å². The molecule has 0 radical (unpaired) electrons. The van der Waals surface area contributed by atoms with Crippen LogP contribution in [0.4, 0.5) is 0 Å². The lowest BCUT2D eigenvalue weighted by atomic mass is 10.2. The van der Waals surface area contributed by atoms with E-state index in [2.05, 4.69) is 0 Å². The third-order valence-electron chi connectivity index (χ3n) is 1.95. The van der Waals surface area contributed by atoms with Gasteiger partial charge in [-0.3, -0.25) is 4.79 Å². The number of thioether (sulfide) groups is 1. The highest BCUT2D eigenvalue weighted by atomic mass is 32.2. The highest BCUT2D eigenvalue weighted by Gasteiger charge is 2.14. The van der Waals surface area contributed by atoms with Crippen molar-refractivity contribution in [2.45, 2.75) is 30.9 Å². The molecule has 0 fully saturated rings. The van der Waals surface area contributed by atoms with Gasteiger partial charge in [-0.25, -0.2) is 0 Å². The Labute approximate surface area is 95.0 Å². The molecule has 0 saturated carbocycles. The van der Waals surface area contributed by atoms with Crippen LogP contribution in [0.1, 0.15) is 19.4 Å². The van der Waals surface area contributed by atoms with Gasteiger partial charge in [0.05, 0.1) is 6.61 Å². The Bertz CT molecular complexity index is 319. The molecule has 1 aromatic carbocycles. The SMILES string of the molecule is CCOC(=O)[C@H](C)Sc1ccc(C)cc1. The van der Waals surface area contributed by atoms with Crippen molar-refractivity contribution in [2.24, 2.45) is 0 Å². The molecule has 0 unspecified atom stereocenters. The quantitative estimate of drug-likeness (QED) is 0.581. The minimum absolute atomic E-state index is 0.146. The average molecular weight is 224 g/mol. The molecule has 1 aromatic rings. The summed E-state index contributed by atoms with van der Waals surface area (Å²) in [4.78, 5) is 12.5. The van der Waals surface area contributed by atoms with Crippen LogP contribution in [0.2, 0.25) is 0 Å². The zero-order valence-corrected chi connectivity index (χ0v) is 10.1. The minimum atomic E-state index is -0.150. The minimum Gasteiger partial charge on any atom is -0.465 e. The molecule has 0 aliphatic heterocycles. The Kier molecular flexibility index (Phi) is 4.69. The molecule has 0 aromatic heterocycles. The molecule has 1 rings (SSSR count). The fourth-order valence-corrected chi connectivity index (χ4v) is 1.99. The summed E-state index contributed by atoms with van der Waals surface area (Å²) in [6, 6.07) is 8.13. The lowest BCUT2D eigenvalue weighted by Gasteiger charge is -2.09.